The quantitative estimate of drug-likeness (QED) is 0.778. The third-order valence-corrected chi connectivity index (χ3v) is 4.01. The standard InChI is InChI=1S/C17H16O/c1-13-7-9-15(10-8-13)17(12-11-16(17)18)14-5-3-2-4-6-14/h2-10H,11-12H2,1H3. The van der Waals surface area contributed by atoms with Crippen LogP contribution in [0.3, 0.4) is 0 Å². The molecule has 2 aromatic carbocycles. The van der Waals surface area contributed by atoms with E-state index in [1.807, 2.05) is 18.2 Å². The maximum atomic E-state index is 12.2. The van der Waals surface area contributed by atoms with Crippen LogP contribution in [0.5, 0.6) is 0 Å². The molecule has 0 N–H and O–H groups in total. The van der Waals surface area contributed by atoms with Gasteiger partial charge in [-0.15, -0.1) is 0 Å². The van der Waals surface area contributed by atoms with Gasteiger partial charge in [0.1, 0.15) is 5.78 Å². The molecule has 1 heteroatoms. The van der Waals surface area contributed by atoms with Crippen LogP contribution in [-0.4, -0.2) is 5.78 Å². The minimum absolute atomic E-state index is 0.345. The second-order valence-electron chi connectivity index (χ2n) is 5.06. The van der Waals surface area contributed by atoms with Gasteiger partial charge in [-0.1, -0.05) is 60.2 Å². The van der Waals surface area contributed by atoms with Crippen LogP contribution in [0, 0.1) is 6.92 Å². The first-order chi connectivity index (χ1) is 8.73. The Bertz CT molecular complexity index is 568. The molecule has 18 heavy (non-hydrogen) atoms. The normalized spacial score (nSPS) is 22.6. The fraction of sp³-hybridized carbons (Fsp3) is 0.235. The minimum Gasteiger partial charge on any atom is -0.298 e. The van der Waals surface area contributed by atoms with Gasteiger partial charge in [0, 0.05) is 6.42 Å². The molecule has 0 bridgehead atoms. The van der Waals surface area contributed by atoms with Crippen molar-refractivity contribution in [1.29, 1.82) is 0 Å². The molecule has 3 rings (SSSR count). The fourth-order valence-electron chi connectivity index (χ4n) is 2.82. The third kappa shape index (κ3) is 1.51. The van der Waals surface area contributed by atoms with Crippen molar-refractivity contribution in [3.8, 4) is 0 Å². The highest BCUT2D eigenvalue weighted by atomic mass is 16.1. The molecule has 1 saturated carbocycles. The SMILES string of the molecule is Cc1ccc(C2(c3ccccc3)CCC2=O)cc1. The molecule has 1 aliphatic carbocycles. The lowest BCUT2D eigenvalue weighted by Gasteiger charge is -2.41. The molecule has 1 atom stereocenters. The lowest BCUT2D eigenvalue weighted by Crippen LogP contribution is -2.45. The summed E-state index contributed by atoms with van der Waals surface area (Å²) in [7, 11) is 0. The van der Waals surface area contributed by atoms with E-state index in [-0.39, 0.29) is 5.41 Å². The number of rotatable bonds is 2. The van der Waals surface area contributed by atoms with E-state index in [9.17, 15) is 4.79 Å². The van der Waals surface area contributed by atoms with Gasteiger partial charge in [0.25, 0.3) is 0 Å². The summed E-state index contributed by atoms with van der Waals surface area (Å²) in [4.78, 5) is 12.2. The summed E-state index contributed by atoms with van der Waals surface area (Å²) in [6.45, 7) is 2.07. The van der Waals surface area contributed by atoms with Crippen molar-refractivity contribution in [1.82, 2.24) is 0 Å². The highest BCUT2D eigenvalue weighted by Crippen LogP contribution is 2.45. The molecule has 2 aromatic rings. The lowest BCUT2D eigenvalue weighted by atomic mass is 9.59. The van der Waals surface area contributed by atoms with Crippen LogP contribution in [0.1, 0.15) is 29.5 Å². The van der Waals surface area contributed by atoms with Crippen LogP contribution in [0.15, 0.2) is 54.6 Å². The smallest absolute Gasteiger partial charge is 0.147 e. The second kappa shape index (κ2) is 4.09. The first kappa shape index (κ1) is 11.2. The van der Waals surface area contributed by atoms with Crippen LogP contribution in [-0.2, 0) is 10.2 Å². The first-order valence-corrected chi connectivity index (χ1v) is 6.39. The number of ketones is 1. The summed E-state index contributed by atoms with van der Waals surface area (Å²) >= 11 is 0. The Labute approximate surface area is 107 Å². The summed E-state index contributed by atoms with van der Waals surface area (Å²) in [6.07, 6.45) is 1.63. The van der Waals surface area contributed by atoms with E-state index in [2.05, 4.69) is 43.3 Å². The van der Waals surface area contributed by atoms with E-state index in [0.29, 0.717) is 12.2 Å². The van der Waals surface area contributed by atoms with E-state index in [1.165, 1.54) is 5.56 Å². The van der Waals surface area contributed by atoms with Crippen molar-refractivity contribution < 1.29 is 4.79 Å². The zero-order chi connectivity index (χ0) is 12.6. The van der Waals surface area contributed by atoms with Crippen molar-refractivity contribution in [3.63, 3.8) is 0 Å². The monoisotopic (exact) mass is 236 g/mol. The first-order valence-electron chi connectivity index (χ1n) is 6.39. The van der Waals surface area contributed by atoms with E-state index >= 15 is 0 Å². The van der Waals surface area contributed by atoms with Gasteiger partial charge in [0.2, 0.25) is 0 Å². The van der Waals surface area contributed by atoms with E-state index in [0.717, 1.165) is 17.5 Å². The molecule has 0 aromatic heterocycles. The molecule has 1 nitrogen and oxygen atoms in total. The number of hydrogen-bond acceptors (Lipinski definition) is 1. The molecule has 0 spiro atoms. The number of hydrogen-bond donors (Lipinski definition) is 0. The highest BCUT2D eigenvalue weighted by molar-refractivity contribution is 5.99. The van der Waals surface area contributed by atoms with Gasteiger partial charge in [-0.25, -0.2) is 0 Å². The minimum atomic E-state index is -0.380. The Morgan fingerprint density at radius 1 is 0.889 bits per heavy atom. The van der Waals surface area contributed by atoms with Gasteiger partial charge in [-0.05, 0) is 24.5 Å². The van der Waals surface area contributed by atoms with Crippen molar-refractivity contribution in [3.05, 3.63) is 71.3 Å². The molecule has 1 fully saturated rings. The van der Waals surface area contributed by atoms with Crippen molar-refractivity contribution in [2.24, 2.45) is 0 Å². The molecule has 0 amide bonds. The molecule has 0 radical (unpaired) electrons. The molecule has 1 aliphatic rings. The van der Waals surface area contributed by atoms with Crippen molar-refractivity contribution in [2.75, 3.05) is 0 Å². The van der Waals surface area contributed by atoms with Crippen LogP contribution >= 0.6 is 0 Å². The zero-order valence-corrected chi connectivity index (χ0v) is 10.5. The second-order valence-corrected chi connectivity index (χ2v) is 5.06. The van der Waals surface area contributed by atoms with Gasteiger partial charge in [-0.3, -0.25) is 4.79 Å². The number of carbonyl (C=O) groups is 1. The molecule has 0 aliphatic heterocycles. The molecular weight excluding hydrogens is 220 g/mol. The van der Waals surface area contributed by atoms with Gasteiger partial charge in [0.15, 0.2) is 0 Å². The molecule has 90 valence electrons. The Morgan fingerprint density at radius 3 is 2.00 bits per heavy atom. The average Bonchev–Trinajstić information content (AvgIpc) is 2.41. The van der Waals surface area contributed by atoms with Crippen LogP contribution in [0.4, 0.5) is 0 Å². The molecule has 0 heterocycles. The van der Waals surface area contributed by atoms with Crippen molar-refractivity contribution >= 4 is 5.78 Å². The summed E-state index contributed by atoms with van der Waals surface area (Å²) in [5.41, 5.74) is 3.11. The highest BCUT2D eigenvalue weighted by Gasteiger charge is 2.48. The van der Waals surface area contributed by atoms with E-state index in [4.69, 9.17) is 0 Å². The Kier molecular flexibility index (Phi) is 2.55. The predicted molar refractivity (Wildman–Crippen MR) is 72.6 cm³/mol. The van der Waals surface area contributed by atoms with E-state index in [1.54, 1.807) is 0 Å². The number of carbonyl (C=O) groups excluding carboxylic acids is 1. The third-order valence-electron chi connectivity index (χ3n) is 4.01. The lowest BCUT2D eigenvalue weighted by molar-refractivity contribution is -0.129. The molecule has 1 unspecified atom stereocenters. The maximum absolute atomic E-state index is 12.2. The number of benzene rings is 2. The summed E-state index contributed by atoms with van der Waals surface area (Å²) in [6, 6.07) is 18.5. The van der Waals surface area contributed by atoms with Crippen LogP contribution in [0.25, 0.3) is 0 Å². The maximum Gasteiger partial charge on any atom is 0.147 e. The van der Waals surface area contributed by atoms with Gasteiger partial charge in [-0.2, -0.15) is 0 Å². The molecule has 0 saturated heterocycles. The van der Waals surface area contributed by atoms with Crippen molar-refractivity contribution in [2.45, 2.75) is 25.2 Å². The fourth-order valence-corrected chi connectivity index (χ4v) is 2.82. The summed E-state index contributed by atoms with van der Waals surface area (Å²) in [5.74, 6) is 0.345. The van der Waals surface area contributed by atoms with Gasteiger partial charge >= 0.3 is 0 Å². The number of aryl methyl sites for hydroxylation is 1. The summed E-state index contributed by atoms with van der Waals surface area (Å²) < 4.78 is 0. The van der Waals surface area contributed by atoms with Crippen LogP contribution < -0.4 is 0 Å². The van der Waals surface area contributed by atoms with Gasteiger partial charge < -0.3 is 0 Å². The summed E-state index contributed by atoms with van der Waals surface area (Å²) in [5, 5.41) is 0. The Morgan fingerprint density at radius 2 is 1.50 bits per heavy atom. The van der Waals surface area contributed by atoms with Gasteiger partial charge in [0.05, 0.1) is 5.41 Å². The average molecular weight is 236 g/mol. The van der Waals surface area contributed by atoms with E-state index < -0.39 is 0 Å². The van der Waals surface area contributed by atoms with Crippen LogP contribution in [0.2, 0.25) is 0 Å². The zero-order valence-electron chi connectivity index (χ0n) is 10.5. The predicted octanol–water partition coefficient (Wildman–Crippen LogP) is 3.64. The largest absolute Gasteiger partial charge is 0.298 e. The Balaban J connectivity index is 2.14. The molecular formula is C17H16O. The Hall–Kier alpha value is -1.89. The topological polar surface area (TPSA) is 17.1 Å². The number of Topliss-reactive ketones (excluding diaryl/α,β-unsaturated/α-hetero) is 1.